The van der Waals surface area contributed by atoms with Crippen molar-refractivity contribution in [3.63, 3.8) is 0 Å². The summed E-state index contributed by atoms with van der Waals surface area (Å²) in [5.74, 6) is -2.14. The largest absolute Gasteiger partial charge is 0.395 e. The molecular weight excluding hydrogens is 522 g/mol. The lowest BCUT2D eigenvalue weighted by Crippen LogP contribution is -2.42. The van der Waals surface area contributed by atoms with Crippen LogP contribution in [0.25, 0.3) is 0 Å². The molecule has 41 heavy (non-hydrogen) atoms. The maximum atomic E-state index is 13.9. The Kier molecular flexibility index (Phi) is 9.34. The minimum Gasteiger partial charge on any atom is -0.395 e. The van der Waals surface area contributed by atoms with Crippen molar-refractivity contribution in [1.29, 1.82) is 0 Å². The zero-order valence-corrected chi connectivity index (χ0v) is 23.1. The molecule has 3 amide bonds. The summed E-state index contributed by atoms with van der Waals surface area (Å²) in [4.78, 5) is 42.0. The molecule has 9 heteroatoms. The average Bonchev–Trinajstić information content (AvgIpc) is 3.20. The van der Waals surface area contributed by atoms with Crippen LogP contribution < -0.4 is 10.2 Å². The number of amides is 3. The molecule has 1 aliphatic rings. The third-order valence-electron chi connectivity index (χ3n) is 7.15. The zero-order valence-electron chi connectivity index (χ0n) is 23.1. The van der Waals surface area contributed by atoms with Crippen LogP contribution in [0.4, 0.5) is 17.1 Å². The highest BCUT2D eigenvalue weighted by molar-refractivity contribution is 6.12. The second-order valence-electron chi connectivity index (χ2n) is 10.1. The van der Waals surface area contributed by atoms with Crippen molar-refractivity contribution in [3.05, 3.63) is 102 Å². The van der Waals surface area contributed by atoms with Gasteiger partial charge in [-0.2, -0.15) is 0 Å². The fourth-order valence-corrected chi connectivity index (χ4v) is 4.89. The van der Waals surface area contributed by atoms with Gasteiger partial charge in [0, 0.05) is 42.4 Å². The maximum Gasteiger partial charge on any atom is 0.268 e. The number of hydrogen-bond acceptors (Lipinski definition) is 6. The number of carbonyl (C=O) groups is 3. The van der Waals surface area contributed by atoms with Gasteiger partial charge in [0.25, 0.3) is 11.8 Å². The van der Waals surface area contributed by atoms with E-state index in [1.54, 1.807) is 60.4 Å². The second kappa shape index (κ2) is 12.9. The molecule has 214 valence electrons. The summed E-state index contributed by atoms with van der Waals surface area (Å²) in [5.41, 5.74) is 0.598. The van der Waals surface area contributed by atoms with E-state index in [2.05, 4.69) is 5.32 Å². The predicted molar refractivity (Wildman–Crippen MR) is 156 cm³/mol. The third-order valence-corrected chi connectivity index (χ3v) is 7.15. The van der Waals surface area contributed by atoms with Gasteiger partial charge in [-0.1, -0.05) is 67.6 Å². The lowest BCUT2D eigenvalue weighted by atomic mass is 9.82. The van der Waals surface area contributed by atoms with Gasteiger partial charge in [0.05, 0.1) is 12.3 Å². The summed E-state index contributed by atoms with van der Waals surface area (Å²) in [5, 5.41) is 33.7. The lowest BCUT2D eigenvalue weighted by Gasteiger charge is -2.28. The first-order valence-corrected chi connectivity index (χ1v) is 13.5. The molecule has 0 spiro atoms. The summed E-state index contributed by atoms with van der Waals surface area (Å²) in [6, 6.07) is 23.2. The van der Waals surface area contributed by atoms with Crippen LogP contribution in [0.3, 0.4) is 0 Å². The molecule has 3 aromatic carbocycles. The van der Waals surface area contributed by atoms with E-state index in [4.69, 9.17) is 0 Å². The van der Waals surface area contributed by atoms with Crippen molar-refractivity contribution in [2.45, 2.75) is 38.5 Å². The van der Waals surface area contributed by atoms with Crippen LogP contribution in [0.5, 0.6) is 0 Å². The van der Waals surface area contributed by atoms with Crippen molar-refractivity contribution in [2.24, 2.45) is 5.92 Å². The van der Waals surface area contributed by atoms with E-state index in [9.17, 15) is 29.7 Å². The summed E-state index contributed by atoms with van der Waals surface area (Å²) in [6.45, 7) is 3.39. The molecule has 9 nitrogen and oxygen atoms in total. The normalized spacial score (nSPS) is 17.8. The molecule has 0 aromatic heterocycles. The summed E-state index contributed by atoms with van der Waals surface area (Å²) in [6.07, 6.45) is 2.03. The van der Waals surface area contributed by atoms with E-state index in [-0.39, 0.29) is 25.5 Å². The van der Waals surface area contributed by atoms with E-state index in [1.807, 2.05) is 36.4 Å². The second-order valence-corrected chi connectivity index (χ2v) is 10.1. The van der Waals surface area contributed by atoms with E-state index in [1.165, 1.54) is 17.9 Å². The molecule has 0 saturated carbocycles. The zero-order chi connectivity index (χ0) is 29.6. The number of hydrogen-bond donors (Lipinski definition) is 4. The highest BCUT2D eigenvalue weighted by atomic mass is 16.3. The first-order valence-electron chi connectivity index (χ1n) is 13.5. The molecule has 4 N–H and O–H groups in total. The minimum atomic E-state index is -1.99. The lowest BCUT2D eigenvalue weighted by molar-refractivity contribution is -0.138. The molecule has 0 radical (unpaired) electrons. The predicted octanol–water partition coefficient (Wildman–Crippen LogP) is 3.48. The molecular formula is C32H35N3O6. The van der Waals surface area contributed by atoms with Gasteiger partial charge in [-0.05, 0) is 42.8 Å². The van der Waals surface area contributed by atoms with Crippen molar-refractivity contribution in [1.82, 2.24) is 4.90 Å². The number of rotatable bonds is 11. The summed E-state index contributed by atoms with van der Waals surface area (Å²) >= 11 is 0. The summed E-state index contributed by atoms with van der Waals surface area (Å²) < 4.78 is 0. The molecule has 0 unspecified atom stereocenters. The number of benzene rings is 3. The summed E-state index contributed by atoms with van der Waals surface area (Å²) in [7, 11) is 0. The molecule has 0 bridgehead atoms. The number of fused-ring (bicyclic) bond motifs is 1. The Bertz CT molecular complexity index is 1410. The number of nitrogens with zero attached hydrogens (tertiary/aromatic N) is 2. The Hall–Kier alpha value is -4.31. The number of para-hydroxylation sites is 1. The number of aliphatic hydroxyl groups is 3. The van der Waals surface area contributed by atoms with E-state index in [0.29, 0.717) is 29.2 Å². The van der Waals surface area contributed by atoms with E-state index < -0.39 is 29.4 Å². The van der Waals surface area contributed by atoms with Gasteiger partial charge < -0.3 is 25.5 Å². The molecule has 0 aliphatic carbocycles. The van der Waals surface area contributed by atoms with Crippen LogP contribution in [-0.4, -0.2) is 57.2 Å². The van der Waals surface area contributed by atoms with Crippen molar-refractivity contribution in [2.75, 3.05) is 23.4 Å². The first kappa shape index (κ1) is 29.7. The van der Waals surface area contributed by atoms with Crippen molar-refractivity contribution >= 4 is 34.8 Å². The standard InChI is InChI=1S/C32H35N3O6/c1-22(10-9-15-29(38)34(18-19-36)21-24-11-5-3-6-12-24)32(41)27-20-25(33-30(39)23(2)37)16-17-28(27)35(31(32)40)26-13-7-4-8-14-26/h3-14,16-17,20,22-23,36-37,41H,15,18-19,21H2,1-2H3,(H,33,39)/b10-9+/t22-,23-,32+/m0/s1. The van der Waals surface area contributed by atoms with Crippen LogP contribution in [0.2, 0.25) is 0 Å². The molecule has 0 fully saturated rings. The molecule has 3 aromatic rings. The highest BCUT2D eigenvalue weighted by Crippen LogP contribution is 2.49. The molecule has 1 aliphatic heterocycles. The fraction of sp³-hybridized carbons (Fsp3) is 0.281. The van der Waals surface area contributed by atoms with Crippen LogP contribution in [0.15, 0.2) is 91.0 Å². The SMILES string of the molecule is C[C@H](O)C(=O)Nc1ccc2c(c1)[C@](O)([C@@H](C)/C=C/CC(=O)N(CCO)Cc1ccccc1)C(=O)N2c1ccccc1. The number of carbonyl (C=O) groups excluding carboxylic acids is 3. The van der Waals surface area contributed by atoms with Crippen LogP contribution in [0.1, 0.15) is 31.4 Å². The number of nitrogens with one attached hydrogen (secondary N) is 1. The van der Waals surface area contributed by atoms with Crippen molar-refractivity contribution < 1.29 is 29.7 Å². The number of anilines is 3. The monoisotopic (exact) mass is 557 g/mol. The fourth-order valence-electron chi connectivity index (χ4n) is 4.89. The van der Waals surface area contributed by atoms with Gasteiger partial charge in [-0.15, -0.1) is 0 Å². The Morgan fingerprint density at radius 3 is 2.32 bits per heavy atom. The van der Waals surface area contributed by atoms with Crippen LogP contribution in [-0.2, 0) is 26.5 Å². The van der Waals surface area contributed by atoms with Gasteiger partial charge in [0.15, 0.2) is 5.60 Å². The van der Waals surface area contributed by atoms with Crippen molar-refractivity contribution in [3.8, 4) is 0 Å². The topological polar surface area (TPSA) is 130 Å². The van der Waals surface area contributed by atoms with E-state index in [0.717, 1.165) is 5.56 Å². The minimum absolute atomic E-state index is 0.0151. The molecule has 3 atom stereocenters. The van der Waals surface area contributed by atoms with E-state index >= 15 is 0 Å². The molecule has 4 rings (SSSR count). The first-order chi connectivity index (χ1) is 19.7. The highest BCUT2D eigenvalue weighted by Gasteiger charge is 2.53. The Balaban J connectivity index is 1.60. The average molecular weight is 558 g/mol. The Morgan fingerprint density at radius 2 is 1.68 bits per heavy atom. The quantitative estimate of drug-likeness (QED) is 0.267. The Morgan fingerprint density at radius 1 is 1.02 bits per heavy atom. The van der Waals surface area contributed by atoms with Gasteiger partial charge in [0.1, 0.15) is 6.10 Å². The van der Waals surface area contributed by atoms with Crippen LogP contribution >= 0.6 is 0 Å². The van der Waals surface area contributed by atoms with Gasteiger partial charge >= 0.3 is 0 Å². The third kappa shape index (κ3) is 6.38. The molecule has 1 heterocycles. The smallest absolute Gasteiger partial charge is 0.268 e. The maximum absolute atomic E-state index is 13.9. The van der Waals surface area contributed by atoms with Gasteiger partial charge in [0.2, 0.25) is 5.91 Å². The van der Waals surface area contributed by atoms with Gasteiger partial charge in [-0.3, -0.25) is 19.3 Å². The van der Waals surface area contributed by atoms with Gasteiger partial charge in [-0.25, -0.2) is 0 Å². The Labute approximate surface area is 239 Å². The van der Waals surface area contributed by atoms with Crippen LogP contribution in [0, 0.1) is 5.92 Å². The molecule has 0 saturated heterocycles. The number of aliphatic hydroxyl groups excluding tert-OH is 2.